The van der Waals surface area contributed by atoms with Gasteiger partial charge in [0.15, 0.2) is 5.82 Å². The molecule has 5 heteroatoms. The Morgan fingerprint density at radius 2 is 1.95 bits per heavy atom. The van der Waals surface area contributed by atoms with Gasteiger partial charge in [0, 0.05) is 12.1 Å². The fourth-order valence-corrected chi connectivity index (χ4v) is 2.68. The van der Waals surface area contributed by atoms with Crippen LogP contribution in [-0.4, -0.2) is 16.5 Å². The Bertz CT molecular complexity index is 574. The van der Waals surface area contributed by atoms with Gasteiger partial charge in [-0.1, -0.05) is 37.1 Å². The minimum Gasteiger partial charge on any atom is -0.369 e. The largest absolute Gasteiger partial charge is 0.369 e. The number of hydrogen-bond acceptors (Lipinski definition) is 3. The molecule has 1 N–H and O–H groups in total. The highest BCUT2D eigenvalue weighted by Crippen LogP contribution is 2.30. The van der Waals surface area contributed by atoms with Crippen molar-refractivity contribution in [1.82, 2.24) is 9.97 Å². The third-order valence-electron chi connectivity index (χ3n) is 2.87. The standard InChI is InChI=1S/C15H17BrClN3/c1-3-7-12-13(16)15(18-4-2)20-14(19-12)10-8-5-6-9-11(10)17/h5-6,8-9H,3-4,7H2,1-2H3,(H,18,19,20). The van der Waals surface area contributed by atoms with E-state index in [2.05, 4.69) is 38.1 Å². The van der Waals surface area contributed by atoms with Gasteiger partial charge in [0.2, 0.25) is 0 Å². The van der Waals surface area contributed by atoms with Crippen LogP contribution in [0.1, 0.15) is 26.0 Å². The first kappa shape index (κ1) is 15.3. The van der Waals surface area contributed by atoms with Crippen LogP contribution in [0.25, 0.3) is 11.4 Å². The van der Waals surface area contributed by atoms with E-state index in [1.807, 2.05) is 31.2 Å². The number of halogens is 2. The molecule has 0 amide bonds. The summed E-state index contributed by atoms with van der Waals surface area (Å²) in [6, 6.07) is 7.65. The molecule has 0 unspecified atom stereocenters. The van der Waals surface area contributed by atoms with Crippen LogP contribution in [0.2, 0.25) is 5.02 Å². The Kier molecular flexibility index (Phi) is 5.38. The molecule has 0 aliphatic carbocycles. The second kappa shape index (κ2) is 7.04. The van der Waals surface area contributed by atoms with Crippen LogP contribution in [-0.2, 0) is 6.42 Å². The van der Waals surface area contributed by atoms with Gasteiger partial charge in [-0.05, 0) is 41.4 Å². The molecule has 0 saturated carbocycles. The van der Waals surface area contributed by atoms with Crippen LogP contribution in [0.5, 0.6) is 0 Å². The van der Waals surface area contributed by atoms with Crippen LogP contribution in [0, 0.1) is 0 Å². The van der Waals surface area contributed by atoms with Crippen molar-refractivity contribution in [3.63, 3.8) is 0 Å². The van der Waals surface area contributed by atoms with Crippen molar-refractivity contribution in [3.8, 4) is 11.4 Å². The van der Waals surface area contributed by atoms with Gasteiger partial charge in [-0.15, -0.1) is 0 Å². The van der Waals surface area contributed by atoms with E-state index in [0.717, 1.165) is 40.9 Å². The number of aryl methyl sites for hydroxylation is 1. The summed E-state index contributed by atoms with van der Waals surface area (Å²) < 4.78 is 0.942. The van der Waals surface area contributed by atoms with E-state index >= 15 is 0 Å². The Morgan fingerprint density at radius 3 is 2.60 bits per heavy atom. The first-order chi connectivity index (χ1) is 9.67. The van der Waals surface area contributed by atoms with Gasteiger partial charge < -0.3 is 5.32 Å². The molecule has 2 rings (SSSR count). The molecule has 20 heavy (non-hydrogen) atoms. The summed E-state index contributed by atoms with van der Waals surface area (Å²) in [6.07, 6.45) is 1.93. The normalized spacial score (nSPS) is 10.6. The molecule has 0 saturated heterocycles. The number of anilines is 1. The van der Waals surface area contributed by atoms with Gasteiger partial charge in [0.1, 0.15) is 5.82 Å². The maximum Gasteiger partial charge on any atom is 0.163 e. The second-order valence-electron chi connectivity index (χ2n) is 4.42. The zero-order chi connectivity index (χ0) is 14.5. The van der Waals surface area contributed by atoms with Gasteiger partial charge in [0.05, 0.1) is 15.2 Å². The molecular formula is C15H17BrClN3. The molecule has 3 nitrogen and oxygen atoms in total. The first-order valence-corrected chi connectivity index (χ1v) is 7.89. The molecule has 1 aromatic heterocycles. The van der Waals surface area contributed by atoms with Gasteiger partial charge in [0.25, 0.3) is 0 Å². The highest BCUT2D eigenvalue weighted by Gasteiger charge is 2.14. The van der Waals surface area contributed by atoms with Crippen LogP contribution in [0.15, 0.2) is 28.7 Å². The number of benzene rings is 1. The van der Waals surface area contributed by atoms with Crippen molar-refractivity contribution < 1.29 is 0 Å². The summed E-state index contributed by atoms with van der Waals surface area (Å²) in [6.45, 7) is 4.99. The monoisotopic (exact) mass is 353 g/mol. The lowest BCUT2D eigenvalue weighted by molar-refractivity contribution is 0.867. The number of nitrogens with zero attached hydrogens (tertiary/aromatic N) is 2. The first-order valence-electron chi connectivity index (χ1n) is 6.72. The molecular weight excluding hydrogens is 338 g/mol. The average molecular weight is 355 g/mol. The highest BCUT2D eigenvalue weighted by molar-refractivity contribution is 9.10. The van der Waals surface area contributed by atoms with Crippen molar-refractivity contribution in [2.24, 2.45) is 0 Å². The van der Waals surface area contributed by atoms with E-state index in [1.54, 1.807) is 0 Å². The van der Waals surface area contributed by atoms with E-state index in [0.29, 0.717) is 10.8 Å². The summed E-state index contributed by atoms with van der Waals surface area (Å²) in [4.78, 5) is 9.24. The Balaban J connectivity index is 2.56. The smallest absolute Gasteiger partial charge is 0.163 e. The number of hydrogen-bond donors (Lipinski definition) is 1. The molecule has 0 spiro atoms. The van der Waals surface area contributed by atoms with E-state index in [-0.39, 0.29) is 0 Å². The zero-order valence-corrected chi connectivity index (χ0v) is 13.9. The van der Waals surface area contributed by atoms with Gasteiger partial charge in [-0.25, -0.2) is 9.97 Å². The lowest BCUT2D eigenvalue weighted by Gasteiger charge is -2.12. The average Bonchev–Trinajstić information content (AvgIpc) is 2.44. The SMILES string of the molecule is CCCc1nc(-c2ccccc2Cl)nc(NCC)c1Br. The molecule has 0 fully saturated rings. The van der Waals surface area contributed by atoms with Crippen molar-refractivity contribution in [2.45, 2.75) is 26.7 Å². The highest BCUT2D eigenvalue weighted by atomic mass is 79.9. The minimum atomic E-state index is 0.665. The molecule has 106 valence electrons. The maximum atomic E-state index is 6.25. The van der Waals surface area contributed by atoms with Gasteiger partial charge in [-0.3, -0.25) is 0 Å². The summed E-state index contributed by atoms with van der Waals surface area (Å²) >= 11 is 9.83. The van der Waals surface area contributed by atoms with Gasteiger partial charge in [-0.2, -0.15) is 0 Å². The summed E-state index contributed by atoms with van der Waals surface area (Å²) in [5.41, 5.74) is 1.87. The minimum absolute atomic E-state index is 0.665. The molecule has 0 bridgehead atoms. The second-order valence-corrected chi connectivity index (χ2v) is 5.62. The zero-order valence-electron chi connectivity index (χ0n) is 11.6. The maximum absolute atomic E-state index is 6.25. The molecule has 0 aliphatic rings. The van der Waals surface area contributed by atoms with Crippen LogP contribution in [0.3, 0.4) is 0 Å². The third kappa shape index (κ3) is 3.30. The lowest BCUT2D eigenvalue weighted by Crippen LogP contribution is -2.06. The number of rotatable bonds is 5. The quantitative estimate of drug-likeness (QED) is 0.826. The summed E-state index contributed by atoms with van der Waals surface area (Å²) in [7, 11) is 0. The van der Waals surface area contributed by atoms with Crippen LogP contribution in [0.4, 0.5) is 5.82 Å². The van der Waals surface area contributed by atoms with Crippen LogP contribution >= 0.6 is 27.5 Å². The van der Waals surface area contributed by atoms with Crippen molar-refractivity contribution >= 4 is 33.3 Å². The Morgan fingerprint density at radius 1 is 1.20 bits per heavy atom. The molecule has 0 atom stereocenters. The molecule has 2 aromatic rings. The topological polar surface area (TPSA) is 37.8 Å². The number of nitrogens with one attached hydrogen (secondary N) is 1. The predicted octanol–water partition coefficient (Wildman–Crippen LogP) is 4.94. The summed E-state index contributed by atoms with van der Waals surface area (Å²) in [5.74, 6) is 1.49. The Hall–Kier alpha value is -1.13. The third-order valence-corrected chi connectivity index (χ3v) is 4.03. The van der Waals surface area contributed by atoms with E-state index < -0.39 is 0 Å². The predicted molar refractivity (Wildman–Crippen MR) is 88.3 cm³/mol. The fraction of sp³-hybridized carbons (Fsp3) is 0.333. The van der Waals surface area contributed by atoms with Crippen molar-refractivity contribution in [2.75, 3.05) is 11.9 Å². The van der Waals surface area contributed by atoms with E-state index in [1.165, 1.54) is 0 Å². The molecule has 1 aromatic carbocycles. The summed E-state index contributed by atoms with van der Waals surface area (Å²) in [5, 5.41) is 3.93. The van der Waals surface area contributed by atoms with E-state index in [4.69, 9.17) is 11.6 Å². The fourth-order valence-electron chi connectivity index (χ4n) is 1.94. The van der Waals surface area contributed by atoms with E-state index in [9.17, 15) is 0 Å². The van der Waals surface area contributed by atoms with Gasteiger partial charge >= 0.3 is 0 Å². The molecule has 0 radical (unpaired) electrons. The Labute approximate surface area is 132 Å². The van der Waals surface area contributed by atoms with Crippen molar-refractivity contribution in [1.29, 1.82) is 0 Å². The number of aromatic nitrogens is 2. The molecule has 0 aliphatic heterocycles. The molecule has 1 heterocycles. The van der Waals surface area contributed by atoms with Crippen LogP contribution < -0.4 is 5.32 Å². The lowest BCUT2D eigenvalue weighted by atomic mass is 10.2. The van der Waals surface area contributed by atoms with Crippen molar-refractivity contribution in [3.05, 3.63) is 39.5 Å².